The quantitative estimate of drug-likeness (QED) is 0.824. The molecule has 0 saturated carbocycles. The van der Waals surface area contributed by atoms with Gasteiger partial charge in [0, 0.05) is 6.04 Å². The molecule has 1 aromatic carbocycles. The summed E-state index contributed by atoms with van der Waals surface area (Å²) in [7, 11) is 0. The zero-order chi connectivity index (χ0) is 11.4. The van der Waals surface area contributed by atoms with E-state index >= 15 is 0 Å². The van der Waals surface area contributed by atoms with Crippen molar-refractivity contribution in [2.24, 2.45) is 5.92 Å². The Bertz CT molecular complexity index is 380. The maximum atomic E-state index is 13.2. The van der Waals surface area contributed by atoms with E-state index in [1.54, 1.807) is 12.1 Å². The normalized spacial score (nSPS) is 12.3. The number of hydrogen-bond donors (Lipinski definition) is 1. The fourth-order valence-corrected chi connectivity index (χ4v) is 1.17. The van der Waals surface area contributed by atoms with E-state index in [9.17, 15) is 4.39 Å². The van der Waals surface area contributed by atoms with Crippen molar-refractivity contribution < 1.29 is 4.39 Å². The van der Waals surface area contributed by atoms with Gasteiger partial charge in [-0.05, 0) is 25.0 Å². The van der Waals surface area contributed by atoms with Gasteiger partial charge >= 0.3 is 0 Å². The molecule has 0 aliphatic rings. The number of rotatable bonds is 3. The molecule has 0 aromatic heterocycles. The van der Waals surface area contributed by atoms with E-state index in [4.69, 9.17) is 5.26 Å². The van der Waals surface area contributed by atoms with Gasteiger partial charge in [-0.15, -0.1) is 0 Å². The molecule has 0 aliphatic heterocycles. The largest absolute Gasteiger partial charge is 0.381 e. The Balaban J connectivity index is 2.96. The summed E-state index contributed by atoms with van der Waals surface area (Å²) in [5, 5.41) is 12.0. The fourth-order valence-electron chi connectivity index (χ4n) is 1.17. The van der Waals surface area contributed by atoms with Gasteiger partial charge in [0.05, 0.1) is 5.69 Å². The van der Waals surface area contributed by atoms with E-state index in [1.807, 2.05) is 13.0 Å². The highest BCUT2D eigenvalue weighted by atomic mass is 19.1. The van der Waals surface area contributed by atoms with Crippen LogP contribution in [-0.2, 0) is 0 Å². The van der Waals surface area contributed by atoms with E-state index in [-0.39, 0.29) is 11.6 Å². The Kier molecular flexibility index (Phi) is 3.68. The minimum Gasteiger partial charge on any atom is -0.381 e. The molecule has 1 rings (SSSR count). The van der Waals surface area contributed by atoms with Crippen LogP contribution in [0.3, 0.4) is 0 Å². The van der Waals surface area contributed by atoms with Crippen molar-refractivity contribution in [3.05, 3.63) is 29.6 Å². The van der Waals surface area contributed by atoms with Crippen molar-refractivity contribution in [1.82, 2.24) is 0 Å². The second-order valence-corrected chi connectivity index (χ2v) is 3.95. The molecule has 1 N–H and O–H groups in total. The molecular weight excluding hydrogens is 191 g/mol. The van der Waals surface area contributed by atoms with Crippen LogP contribution >= 0.6 is 0 Å². The molecule has 15 heavy (non-hydrogen) atoms. The number of nitrogens with zero attached hydrogens (tertiary/aromatic N) is 1. The Hall–Kier alpha value is -1.56. The molecule has 0 aliphatic carbocycles. The van der Waals surface area contributed by atoms with Gasteiger partial charge in [-0.2, -0.15) is 5.26 Å². The average Bonchev–Trinajstić information content (AvgIpc) is 2.18. The van der Waals surface area contributed by atoms with Crippen LogP contribution in [0.1, 0.15) is 26.3 Å². The van der Waals surface area contributed by atoms with Crippen LogP contribution in [0.25, 0.3) is 0 Å². The van der Waals surface area contributed by atoms with Crippen molar-refractivity contribution in [2.45, 2.75) is 26.8 Å². The SMILES string of the molecule is CC(C)[C@H](C)Nc1cccc(F)c1C#N. The third kappa shape index (κ3) is 2.69. The van der Waals surface area contributed by atoms with Crippen LogP contribution in [-0.4, -0.2) is 6.04 Å². The van der Waals surface area contributed by atoms with E-state index in [0.29, 0.717) is 11.6 Å². The zero-order valence-electron chi connectivity index (χ0n) is 9.21. The molecule has 1 atom stereocenters. The van der Waals surface area contributed by atoms with Gasteiger partial charge in [-0.3, -0.25) is 0 Å². The van der Waals surface area contributed by atoms with Crippen LogP contribution in [0, 0.1) is 23.1 Å². The van der Waals surface area contributed by atoms with Gasteiger partial charge in [0.25, 0.3) is 0 Å². The van der Waals surface area contributed by atoms with Crippen LogP contribution < -0.4 is 5.32 Å². The van der Waals surface area contributed by atoms with E-state index in [2.05, 4.69) is 19.2 Å². The van der Waals surface area contributed by atoms with Crippen LogP contribution in [0.5, 0.6) is 0 Å². The predicted molar refractivity (Wildman–Crippen MR) is 59.0 cm³/mol. The molecule has 0 spiro atoms. The lowest BCUT2D eigenvalue weighted by Gasteiger charge is -2.19. The number of anilines is 1. The van der Waals surface area contributed by atoms with E-state index in [0.717, 1.165) is 0 Å². The summed E-state index contributed by atoms with van der Waals surface area (Å²) < 4.78 is 13.2. The first kappa shape index (κ1) is 11.5. The fraction of sp³-hybridized carbons (Fsp3) is 0.417. The number of nitrogens with one attached hydrogen (secondary N) is 1. The smallest absolute Gasteiger partial charge is 0.143 e. The lowest BCUT2D eigenvalue weighted by Crippen LogP contribution is -2.22. The molecule has 0 radical (unpaired) electrons. The molecule has 1 aromatic rings. The molecule has 2 nitrogen and oxygen atoms in total. The first-order valence-corrected chi connectivity index (χ1v) is 5.01. The lowest BCUT2D eigenvalue weighted by atomic mass is 10.1. The van der Waals surface area contributed by atoms with Crippen molar-refractivity contribution >= 4 is 5.69 Å². The van der Waals surface area contributed by atoms with Gasteiger partial charge in [0.2, 0.25) is 0 Å². The first-order valence-electron chi connectivity index (χ1n) is 5.01. The molecule has 3 heteroatoms. The second kappa shape index (κ2) is 4.79. The highest BCUT2D eigenvalue weighted by molar-refractivity contribution is 5.58. The highest BCUT2D eigenvalue weighted by Gasteiger charge is 2.11. The standard InChI is InChI=1S/C12H15FN2/c1-8(2)9(3)15-12-6-4-5-11(13)10(12)7-14/h4-6,8-9,15H,1-3H3/t9-/m0/s1. The van der Waals surface area contributed by atoms with Crippen LogP contribution in [0.15, 0.2) is 18.2 Å². The summed E-state index contributed by atoms with van der Waals surface area (Å²) in [5.41, 5.74) is 0.656. The third-order valence-electron chi connectivity index (χ3n) is 2.51. The van der Waals surface area contributed by atoms with Gasteiger partial charge in [-0.1, -0.05) is 19.9 Å². The van der Waals surface area contributed by atoms with Gasteiger partial charge in [0.1, 0.15) is 17.4 Å². The summed E-state index contributed by atoms with van der Waals surface area (Å²) in [4.78, 5) is 0. The highest BCUT2D eigenvalue weighted by Crippen LogP contribution is 2.20. The molecular formula is C12H15FN2. The minimum atomic E-state index is -0.474. The van der Waals surface area contributed by atoms with Gasteiger partial charge < -0.3 is 5.32 Å². The molecule has 0 bridgehead atoms. The van der Waals surface area contributed by atoms with Crippen molar-refractivity contribution in [3.8, 4) is 6.07 Å². The molecule has 0 saturated heterocycles. The summed E-state index contributed by atoms with van der Waals surface area (Å²) in [6.07, 6.45) is 0. The Labute approximate surface area is 89.7 Å². The molecule has 0 unspecified atom stereocenters. The van der Waals surface area contributed by atoms with Crippen LogP contribution in [0.2, 0.25) is 0 Å². The first-order chi connectivity index (χ1) is 7.06. The molecule has 0 amide bonds. The summed E-state index contributed by atoms with van der Waals surface area (Å²) in [5.74, 6) is -0.0433. The predicted octanol–water partition coefficient (Wildman–Crippen LogP) is 3.15. The Morgan fingerprint density at radius 3 is 2.53 bits per heavy atom. The third-order valence-corrected chi connectivity index (χ3v) is 2.51. The summed E-state index contributed by atoms with van der Waals surface area (Å²) >= 11 is 0. The summed E-state index contributed by atoms with van der Waals surface area (Å²) in [6.45, 7) is 6.16. The second-order valence-electron chi connectivity index (χ2n) is 3.95. The maximum absolute atomic E-state index is 13.2. The molecule has 80 valence electrons. The Morgan fingerprint density at radius 1 is 1.33 bits per heavy atom. The monoisotopic (exact) mass is 206 g/mol. The van der Waals surface area contributed by atoms with Crippen molar-refractivity contribution in [3.63, 3.8) is 0 Å². The Morgan fingerprint density at radius 2 is 2.00 bits per heavy atom. The summed E-state index contributed by atoms with van der Waals surface area (Å²) in [6, 6.07) is 6.70. The maximum Gasteiger partial charge on any atom is 0.143 e. The molecule has 0 heterocycles. The van der Waals surface area contributed by atoms with E-state index in [1.165, 1.54) is 6.07 Å². The van der Waals surface area contributed by atoms with Gasteiger partial charge in [0.15, 0.2) is 0 Å². The van der Waals surface area contributed by atoms with E-state index < -0.39 is 5.82 Å². The van der Waals surface area contributed by atoms with Crippen molar-refractivity contribution in [2.75, 3.05) is 5.32 Å². The van der Waals surface area contributed by atoms with Crippen LogP contribution in [0.4, 0.5) is 10.1 Å². The number of nitriles is 1. The number of hydrogen-bond acceptors (Lipinski definition) is 2. The minimum absolute atomic E-state index is 0.0880. The topological polar surface area (TPSA) is 35.8 Å². The lowest BCUT2D eigenvalue weighted by molar-refractivity contribution is 0.558. The molecule has 0 fully saturated rings. The number of benzene rings is 1. The van der Waals surface area contributed by atoms with Crippen molar-refractivity contribution in [1.29, 1.82) is 5.26 Å². The zero-order valence-corrected chi connectivity index (χ0v) is 9.21. The van der Waals surface area contributed by atoms with Gasteiger partial charge in [-0.25, -0.2) is 4.39 Å². The number of halogens is 1. The average molecular weight is 206 g/mol.